The second kappa shape index (κ2) is 15.8. The van der Waals surface area contributed by atoms with Gasteiger partial charge in [0.1, 0.15) is 0 Å². The van der Waals surface area contributed by atoms with Gasteiger partial charge in [-0.3, -0.25) is 14.6 Å². The molecule has 9 aliphatic rings. The highest BCUT2D eigenvalue weighted by Crippen LogP contribution is 2.73. The maximum atomic E-state index is 14.4. The Hall–Kier alpha value is -3.47. The number of carbonyl (C=O) groups is 2. The zero-order valence-corrected chi connectivity index (χ0v) is 39.0. The monoisotopic (exact) mass is 895 g/mol. The Bertz CT molecular complexity index is 2220. The fourth-order valence-corrected chi connectivity index (χ4v) is 17.7. The van der Waals surface area contributed by atoms with Crippen LogP contribution in [-0.2, 0) is 14.3 Å². The Morgan fingerprint density at radius 2 is 1.77 bits per heavy atom. The van der Waals surface area contributed by atoms with Crippen LogP contribution >= 0.6 is 0 Å². The number of ether oxygens (including phenoxy) is 1. The van der Waals surface area contributed by atoms with Gasteiger partial charge in [0.15, 0.2) is 11.7 Å². The Morgan fingerprint density at radius 3 is 2.52 bits per heavy atom. The van der Waals surface area contributed by atoms with Crippen LogP contribution in [0.2, 0.25) is 0 Å². The maximum Gasteiger partial charge on any atom is 0.313 e. The fraction of sp³-hybridized carbons (Fsp3) is 0.755. The molecule has 6 fully saturated rings. The summed E-state index contributed by atoms with van der Waals surface area (Å²) in [6.45, 7) is 8.96. The lowest BCUT2D eigenvalue weighted by Gasteiger charge is -2.62. The van der Waals surface area contributed by atoms with Gasteiger partial charge in [-0.05, 0) is 166 Å². The molecule has 0 aromatic carbocycles. The first kappa shape index (κ1) is 45.3. The van der Waals surface area contributed by atoms with E-state index in [-0.39, 0.29) is 85.1 Å². The van der Waals surface area contributed by atoms with Gasteiger partial charge in [-0.25, -0.2) is 0 Å². The molecule has 1 aromatic heterocycles. The molecule has 1 spiro atoms. The van der Waals surface area contributed by atoms with E-state index >= 15 is 0 Å². The van der Waals surface area contributed by atoms with E-state index in [1.165, 1.54) is 5.57 Å². The largest absolute Gasteiger partial charge is 0.465 e. The fourth-order valence-electron chi connectivity index (χ4n) is 17.7. The molecule has 354 valence electrons. The Morgan fingerprint density at radius 1 is 0.969 bits per heavy atom. The van der Waals surface area contributed by atoms with Crippen molar-refractivity contribution in [1.29, 1.82) is 0 Å². The summed E-state index contributed by atoms with van der Waals surface area (Å²) in [5, 5.41) is 63.5. The molecule has 2 heterocycles. The molecule has 65 heavy (non-hydrogen) atoms. The SMILES string of the molecule is C[C@@H]1CCC2=CC[C@H]3[C@H](C)C[C@]4(O)CC[C@@]3(C[C@H]([C@@H]3COC(=O)[C@H]3c3cc[nH]c3)C#CC[C@@H]3C[C@@]5(O)C6=CC(=O)[C@@H]7C[C@@H](O)[C@@H](O)C[C@]7(C)[C@H]6CC[C@]5(CCN=C(N)N)[C@H]3[C@@]4(C)O)[C@@H]2C1. The van der Waals surface area contributed by atoms with Gasteiger partial charge >= 0.3 is 5.97 Å². The van der Waals surface area contributed by atoms with Crippen molar-refractivity contribution >= 4 is 17.7 Å². The number of H-pyrrole nitrogens is 1. The van der Waals surface area contributed by atoms with Crippen LogP contribution in [0.3, 0.4) is 0 Å². The van der Waals surface area contributed by atoms with E-state index in [2.05, 4.69) is 41.7 Å². The molecule has 1 aliphatic heterocycles. The molecule has 12 heteroatoms. The number of carbonyl (C=O) groups excluding carboxylic acids is 2. The topological polar surface area (TPSA) is 225 Å². The predicted molar refractivity (Wildman–Crippen MR) is 245 cm³/mol. The number of aliphatic hydroxyl groups excluding tert-OH is 2. The summed E-state index contributed by atoms with van der Waals surface area (Å²) in [7, 11) is 0. The van der Waals surface area contributed by atoms with E-state index in [0.717, 1.165) is 37.7 Å². The molecule has 0 radical (unpaired) electrons. The lowest BCUT2D eigenvalue weighted by molar-refractivity contribution is -0.227. The van der Waals surface area contributed by atoms with Crippen LogP contribution in [0.5, 0.6) is 0 Å². The number of nitrogens with one attached hydrogen (secondary N) is 1. The third-order valence-corrected chi connectivity index (χ3v) is 20.7. The summed E-state index contributed by atoms with van der Waals surface area (Å²) >= 11 is 0. The average Bonchev–Trinajstić information content (AvgIpc) is 3.95. The van der Waals surface area contributed by atoms with Crippen molar-refractivity contribution in [3.8, 4) is 11.8 Å². The van der Waals surface area contributed by atoms with Gasteiger partial charge < -0.3 is 46.7 Å². The van der Waals surface area contributed by atoms with Crippen molar-refractivity contribution in [3.63, 3.8) is 0 Å². The van der Waals surface area contributed by atoms with Crippen LogP contribution in [0.4, 0.5) is 0 Å². The summed E-state index contributed by atoms with van der Waals surface area (Å²) in [6, 6.07) is 1.97. The number of esters is 1. The maximum absolute atomic E-state index is 14.4. The Labute approximate surface area is 384 Å². The van der Waals surface area contributed by atoms with Gasteiger partial charge in [0.2, 0.25) is 0 Å². The number of hydrogen-bond acceptors (Lipinski definition) is 9. The summed E-state index contributed by atoms with van der Waals surface area (Å²) in [6.07, 6.45) is 14.6. The van der Waals surface area contributed by atoms with E-state index in [1.54, 1.807) is 6.08 Å². The Kier molecular flexibility index (Phi) is 11.0. The van der Waals surface area contributed by atoms with E-state index in [9.17, 15) is 35.1 Å². The molecular formula is C53H74N4O8. The predicted octanol–water partition coefficient (Wildman–Crippen LogP) is 5.43. The van der Waals surface area contributed by atoms with Crippen molar-refractivity contribution < 1.29 is 39.9 Å². The molecule has 2 bridgehead atoms. The lowest BCUT2D eigenvalue weighted by Crippen LogP contribution is -2.66. The van der Waals surface area contributed by atoms with Crippen LogP contribution in [0.25, 0.3) is 0 Å². The first-order valence-electron chi connectivity index (χ1n) is 25.1. The molecule has 0 amide bonds. The molecule has 1 aromatic rings. The second-order valence-corrected chi connectivity index (χ2v) is 23.6. The molecular weight excluding hydrogens is 821 g/mol. The smallest absolute Gasteiger partial charge is 0.313 e. The van der Waals surface area contributed by atoms with Crippen molar-refractivity contribution in [2.75, 3.05) is 13.2 Å². The van der Waals surface area contributed by atoms with Crippen molar-refractivity contribution in [3.05, 3.63) is 47.3 Å². The number of aromatic amines is 1. The van der Waals surface area contributed by atoms with Gasteiger partial charge in [0.25, 0.3) is 0 Å². The van der Waals surface area contributed by atoms with Gasteiger partial charge in [-0.2, -0.15) is 0 Å². The third-order valence-electron chi connectivity index (χ3n) is 20.7. The van der Waals surface area contributed by atoms with Crippen LogP contribution in [-0.4, -0.2) is 90.4 Å². The molecule has 5 saturated carbocycles. The second-order valence-electron chi connectivity index (χ2n) is 23.6. The number of aliphatic hydroxyl groups is 5. The van der Waals surface area contributed by atoms with Gasteiger partial charge in [-0.15, -0.1) is 5.92 Å². The van der Waals surface area contributed by atoms with Gasteiger partial charge in [0.05, 0.1) is 41.5 Å². The first-order chi connectivity index (χ1) is 30.8. The lowest BCUT2D eigenvalue weighted by atomic mass is 9.44. The number of aliphatic imine (C=N–C) groups is 1. The van der Waals surface area contributed by atoms with E-state index < -0.39 is 63.5 Å². The third kappa shape index (κ3) is 6.65. The average molecular weight is 895 g/mol. The minimum atomic E-state index is -1.71. The minimum Gasteiger partial charge on any atom is -0.465 e. The molecule has 10 rings (SSSR count). The number of ketones is 1. The van der Waals surface area contributed by atoms with Crippen LogP contribution in [0.15, 0.2) is 46.8 Å². The number of aromatic nitrogens is 1. The van der Waals surface area contributed by atoms with Crippen LogP contribution in [0.1, 0.15) is 135 Å². The number of fused-ring (bicyclic) bond motifs is 10. The number of allylic oxidation sites excluding steroid dienone is 3. The first-order valence-corrected chi connectivity index (χ1v) is 25.1. The summed E-state index contributed by atoms with van der Waals surface area (Å²) in [5.41, 5.74) is 8.09. The molecule has 12 nitrogen and oxygen atoms in total. The van der Waals surface area contributed by atoms with Crippen molar-refractivity contribution in [1.82, 2.24) is 4.98 Å². The highest BCUT2D eigenvalue weighted by molar-refractivity contribution is 5.95. The van der Waals surface area contributed by atoms with E-state index in [4.69, 9.17) is 16.2 Å². The summed E-state index contributed by atoms with van der Waals surface area (Å²) in [5.74, 6) is 5.47. The van der Waals surface area contributed by atoms with E-state index in [0.29, 0.717) is 62.4 Å². The zero-order valence-electron chi connectivity index (χ0n) is 39.0. The number of cyclic esters (lactones) is 1. The molecule has 19 atom stereocenters. The summed E-state index contributed by atoms with van der Waals surface area (Å²) < 4.78 is 5.95. The highest BCUT2D eigenvalue weighted by Gasteiger charge is 2.75. The van der Waals surface area contributed by atoms with Gasteiger partial charge in [-0.1, -0.05) is 38.3 Å². The standard InChI is InChI=1S/C53H74N4O8/c1-29-8-9-31-10-11-36-30(2)23-52(63)16-15-50(36,38(31)20-29)24-32(35-28-65-46(61)44(35)34-13-18-56-27-34)6-5-7-33-25-53(64)39-21-41(58)40-22-42(59)43(60)26-48(40,3)37(39)12-14-51(53,17-19-57-47(54)55)45(33)49(52,4)62/h10,13,18,21,27,29-30,32-33,35-38,40,42-45,56,59-60,62-64H,7-9,11-12,14-17,19-20,22-26,28H2,1-4H3,(H4,54,55,57)/t29-,30-,32-,33-,35+,36+,37+,38-,40+,42-,43+,44+,45-,48-,49-,50+,51+,52-,53-/m1/s1. The van der Waals surface area contributed by atoms with Crippen molar-refractivity contribution in [2.24, 2.45) is 91.9 Å². The number of rotatable bonds is 5. The van der Waals surface area contributed by atoms with E-state index in [1.807, 2.05) is 32.3 Å². The quantitative estimate of drug-likeness (QED) is 0.0615. The molecule has 0 unspecified atom stereocenters. The number of guanidine groups is 1. The molecule has 10 N–H and O–H groups in total. The summed E-state index contributed by atoms with van der Waals surface area (Å²) in [4.78, 5) is 35.8. The van der Waals surface area contributed by atoms with Gasteiger partial charge in [0, 0.05) is 54.4 Å². The number of nitrogens with two attached hydrogens (primary N) is 2. The van der Waals surface area contributed by atoms with Crippen molar-refractivity contribution in [2.45, 2.75) is 159 Å². The Balaban J connectivity index is 1.15. The van der Waals surface area contributed by atoms with Crippen LogP contribution < -0.4 is 11.5 Å². The normalized spacial score (nSPS) is 50.1. The molecule has 8 aliphatic carbocycles. The minimum absolute atomic E-state index is 0.0241. The van der Waals surface area contributed by atoms with Crippen LogP contribution in [0, 0.1) is 87.3 Å². The molecule has 1 saturated heterocycles. The number of nitrogens with zero attached hydrogens (tertiary/aromatic N) is 1. The number of hydrogen-bond donors (Lipinski definition) is 8. The highest BCUT2D eigenvalue weighted by atomic mass is 16.5. The zero-order chi connectivity index (χ0) is 46.1.